The number of hydrogen-bond donors (Lipinski definition) is 4. The molecule has 0 radical (unpaired) electrons. The number of benzene rings is 1. The maximum Gasteiger partial charge on any atom is 0.135 e. The summed E-state index contributed by atoms with van der Waals surface area (Å²) in [5, 5.41) is 22.6. The van der Waals surface area contributed by atoms with Crippen LogP contribution >= 0.6 is 0 Å². The van der Waals surface area contributed by atoms with E-state index in [0.29, 0.717) is 11.9 Å². The standard InChI is InChI=1S/C26H32N8O/c1-3-16-10-21(35)8-9-23(16)32-26(28)22-13-30-34-15-17(18-12-29-33(2)14-18)11-24(34)25(22)31-20-6-4-19(27)5-7-20/h8-15,19-20,31,35H,3-7,27H2,1-2H3,(H2,28,32)/t19-,20-. The van der Waals surface area contributed by atoms with Crippen molar-refractivity contribution in [2.24, 2.45) is 23.5 Å². The highest BCUT2D eigenvalue weighted by molar-refractivity contribution is 6.06. The number of hydrogen-bond acceptors (Lipinski definition) is 6. The van der Waals surface area contributed by atoms with E-state index in [2.05, 4.69) is 21.6 Å². The number of nitrogens with one attached hydrogen (secondary N) is 1. The van der Waals surface area contributed by atoms with E-state index in [1.54, 1.807) is 29.1 Å². The topological polar surface area (TPSA) is 132 Å². The highest BCUT2D eigenvalue weighted by Crippen LogP contribution is 2.32. The van der Waals surface area contributed by atoms with Crippen LogP contribution in [-0.2, 0) is 13.5 Å². The van der Waals surface area contributed by atoms with E-state index in [0.717, 1.165) is 71.2 Å². The van der Waals surface area contributed by atoms with Gasteiger partial charge in [-0.2, -0.15) is 10.2 Å². The number of phenolic OH excluding ortho intramolecular Hbond substituents is 1. The Morgan fingerprint density at radius 2 is 1.91 bits per heavy atom. The maximum atomic E-state index is 9.86. The normalized spacial score (nSPS) is 18.8. The molecule has 4 aromatic rings. The Morgan fingerprint density at radius 3 is 2.63 bits per heavy atom. The van der Waals surface area contributed by atoms with Crippen molar-refractivity contribution in [1.82, 2.24) is 19.4 Å². The van der Waals surface area contributed by atoms with E-state index in [9.17, 15) is 5.11 Å². The highest BCUT2D eigenvalue weighted by Gasteiger charge is 2.22. The van der Waals surface area contributed by atoms with Crippen LogP contribution in [0.1, 0.15) is 43.7 Å². The summed E-state index contributed by atoms with van der Waals surface area (Å²) in [5.41, 5.74) is 19.0. The number of rotatable bonds is 6. The Morgan fingerprint density at radius 1 is 1.11 bits per heavy atom. The summed E-state index contributed by atoms with van der Waals surface area (Å²) < 4.78 is 3.66. The minimum absolute atomic E-state index is 0.219. The van der Waals surface area contributed by atoms with E-state index < -0.39 is 0 Å². The zero-order valence-corrected chi connectivity index (χ0v) is 20.1. The third kappa shape index (κ3) is 4.72. The van der Waals surface area contributed by atoms with Crippen LogP contribution in [0.2, 0.25) is 0 Å². The van der Waals surface area contributed by atoms with Gasteiger partial charge in [0.15, 0.2) is 0 Å². The predicted molar refractivity (Wildman–Crippen MR) is 139 cm³/mol. The smallest absolute Gasteiger partial charge is 0.135 e. The number of aryl methyl sites for hydroxylation is 2. The quantitative estimate of drug-likeness (QED) is 0.250. The van der Waals surface area contributed by atoms with Crippen molar-refractivity contribution >= 4 is 22.7 Å². The molecule has 0 spiro atoms. The van der Waals surface area contributed by atoms with Gasteiger partial charge in [-0.3, -0.25) is 4.68 Å². The Labute approximate surface area is 204 Å². The second-order valence-corrected chi connectivity index (χ2v) is 9.31. The van der Waals surface area contributed by atoms with Crippen LogP contribution in [0.3, 0.4) is 0 Å². The monoisotopic (exact) mass is 472 g/mol. The fourth-order valence-electron chi connectivity index (χ4n) is 4.75. The van der Waals surface area contributed by atoms with Crippen LogP contribution in [0.4, 0.5) is 11.4 Å². The van der Waals surface area contributed by atoms with Gasteiger partial charge in [0.1, 0.15) is 11.6 Å². The number of aliphatic imine (C=N–C) groups is 1. The molecule has 0 bridgehead atoms. The first-order valence-electron chi connectivity index (χ1n) is 12.1. The molecule has 182 valence electrons. The van der Waals surface area contributed by atoms with E-state index in [1.807, 2.05) is 37.1 Å². The zero-order chi connectivity index (χ0) is 24.5. The van der Waals surface area contributed by atoms with Gasteiger partial charge in [0, 0.05) is 42.7 Å². The van der Waals surface area contributed by atoms with Gasteiger partial charge >= 0.3 is 0 Å². The molecule has 3 aromatic heterocycles. The summed E-state index contributed by atoms with van der Waals surface area (Å²) in [5.74, 6) is 0.593. The molecule has 6 N–H and O–H groups in total. The van der Waals surface area contributed by atoms with Gasteiger partial charge in [0.25, 0.3) is 0 Å². The highest BCUT2D eigenvalue weighted by atomic mass is 16.3. The lowest BCUT2D eigenvalue weighted by Gasteiger charge is -2.28. The number of fused-ring (bicyclic) bond motifs is 1. The maximum absolute atomic E-state index is 9.86. The zero-order valence-electron chi connectivity index (χ0n) is 20.1. The first-order chi connectivity index (χ1) is 16.9. The molecule has 35 heavy (non-hydrogen) atoms. The summed E-state index contributed by atoms with van der Waals surface area (Å²) in [4.78, 5) is 4.74. The third-order valence-corrected chi connectivity index (χ3v) is 6.76. The minimum Gasteiger partial charge on any atom is -0.508 e. The lowest BCUT2D eigenvalue weighted by molar-refractivity contribution is 0.411. The molecule has 1 aliphatic rings. The Bertz CT molecular complexity index is 1380. The molecule has 9 heteroatoms. The largest absolute Gasteiger partial charge is 0.508 e. The van der Waals surface area contributed by atoms with Crippen molar-refractivity contribution < 1.29 is 5.11 Å². The number of amidine groups is 1. The van der Waals surface area contributed by atoms with Crippen LogP contribution < -0.4 is 16.8 Å². The first kappa shape index (κ1) is 22.9. The third-order valence-electron chi connectivity index (χ3n) is 6.76. The lowest BCUT2D eigenvalue weighted by Crippen LogP contribution is -2.33. The summed E-state index contributed by atoms with van der Waals surface area (Å²) in [7, 11) is 1.90. The van der Waals surface area contributed by atoms with Crippen molar-refractivity contribution in [2.75, 3.05) is 5.32 Å². The molecular weight excluding hydrogens is 440 g/mol. The van der Waals surface area contributed by atoms with Crippen molar-refractivity contribution in [2.45, 2.75) is 51.1 Å². The number of aromatic hydroxyl groups is 1. The fourth-order valence-corrected chi connectivity index (χ4v) is 4.75. The molecule has 5 rings (SSSR count). The molecule has 1 fully saturated rings. The van der Waals surface area contributed by atoms with E-state index in [-0.39, 0.29) is 11.8 Å². The number of nitrogens with zero attached hydrogens (tertiary/aromatic N) is 5. The summed E-state index contributed by atoms with van der Waals surface area (Å²) in [6, 6.07) is 7.82. The molecule has 0 unspecified atom stereocenters. The van der Waals surface area contributed by atoms with Crippen molar-refractivity contribution in [3.63, 3.8) is 0 Å². The van der Waals surface area contributed by atoms with Crippen LogP contribution in [0.25, 0.3) is 16.6 Å². The van der Waals surface area contributed by atoms with Gasteiger partial charge in [0.05, 0.1) is 34.8 Å². The Kier molecular flexibility index (Phi) is 6.17. The van der Waals surface area contributed by atoms with Crippen molar-refractivity contribution in [1.29, 1.82) is 0 Å². The van der Waals surface area contributed by atoms with Gasteiger partial charge in [0.2, 0.25) is 0 Å². The second kappa shape index (κ2) is 9.42. The van der Waals surface area contributed by atoms with Gasteiger partial charge in [-0.1, -0.05) is 6.92 Å². The van der Waals surface area contributed by atoms with Gasteiger partial charge < -0.3 is 21.9 Å². The first-order valence-corrected chi connectivity index (χ1v) is 12.1. The molecule has 0 amide bonds. The molecule has 9 nitrogen and oxygen atoms in total. The molecular formula is C26H32N8O. The van der Waals surface area contributed by atoms with Crippen LogP contribution in [0, 0.1) is 0 Å². The van der Waals surface area contributed by atoms with E-state index >= 15 is 0 Å². The number of phenols is 1. The van der Waals surface area contributed by atoms with Gasteiger partial charge in [-0.25, -0.2) is 9.51 Å². The predicted octanol–water partition coefficient (Wildman–Crippen LogP) is 3.72. The fraction of sp³-hybridized carbons (Fsp3) is 0.346. The average Bonchev–Trinajstić information content (AvgIpc) is 3.48. The van der Waals surface area contributed by atoms with E-state index in [4.69, 9.17) is 16.5 Å². The van der Waals surface area contributed by atoms with Crippen molar-refractivity contribution in [3.05, 3.63) is 60.2 Å². The molecule has 0 saturated heterocycles. The minimum atomic E-state index is 0.219. The van der Waals surface area contributed by atoms with Gasteiger partial charge in [-0.05, 0) is 61.9 Å². The molecule has 0 atom stereocenters. The van der Waals surface area contributed by atoms with Crippen LogP contribution in [0.5, 0.6) is 5.75 Å². The lowest BCUT2D eigenvalue weighted by atomic mass is 9.91. The number of nitrogens with two attached hydrogens (primary N) is 2. The Hall–Kier alpha value is -3.85. The summed E-state index contributed by atoms with van der Waals surface area (Å²) in [6.07, 6.45) is 12.3. The number of aromatic nitrogens is 4. The SMILES string of the molecule is CCc1cc(O)ccc1/N=C(\N)c1cnn2cc(-c3cnn(C)c3)cc2c1N[C@H]1CC[C@H](N)CC1. The molecule has 1 saturated carbocycles. The molecule has 3 heterocycles. The second-order valence-electron chi connectivity index (χ2n) is 9.31. The van der Waals surface area contributed by atoms with Crippen LogP contribution in [0.15, 0.2) is 54.0 Å². The molecule has 1 aromatic carbocycles. The summed E-state index contributed by atoms with van der Waals surface area (Å²) >= 11 is 0. The number of anilines is 1. The average molecular weight is 473 g/mol. The van der Waals surface area contributed by atoms with Crippen LogP contribution in [-0.4, -0.2) is 42.4 Å². The van der Waals surface area contributed by atoms with Crippen molar-refractivity contribution in [3.8, 4) is 16.9 Å². The Balaban J connectivity index is 1.60. The van der Waals surface area contributed by atoms with Gasteiger partial charge in [-0.15, -0.1) is 0 Å². The summed E-state index contributed by atoms with van der Waals surface area (Å²) in [6.45, 7) is 2.03. The molecule has 1 aliphatic carbocycles. The molecule has 0 aliphatic heterocycles. The van der Waals surface area contributed by atoms with E-state index in [1.165, 1.54) is 0 Å².